The van der Waals surface area contributed by atoms with Crippen LogP contribution in [0.4, 0.5) is 11.5 Å². The summed E-state index contributed by atoms with van der Waals surface area (Å²) < 4.78 is 0. The monoisotopic (exact) mass is 342 g/mol. The fraction of sp³-hybridized carbons (Fsp3) is 0.526. The normalized spacial score (nSPS) is 21.2. The Morgan fingerprint density at radius 2 is 2.08 bits per heavy atom. The van der Waals surface area contributed by atoms with Gasteiger partial charge in [-0.2, -0.15) is 0 Å². The molecule has 0 radical (unpaired) electrons. The number of hydrogen-bond acceptors (Lipinski definition) is 4. The molecule has 1 atom stereocenters. The third-order valence-corrected chi connectivity index (χ3v) is 4.99. The van der Waals surface area contributed by atoms with Crippen LogP contribution in [0, 0.1) is 5.92 Å². The molecule has 1 aromatic rings. The molecule has 2 amide bonds. The lowest BCUT2D eigenvalue weighted by Crippen LogP contribution is -2.41. The highest BCUT2D eigenvalue weighted by molar-refractivity contribution is 6.03. The average molecular weight is 342 g/mol. The van der Waals surface area contributed by atoms with Crippen LogP contribution < -0.4 is 16.0 Å². The van der Waals surface area contributed by atoms with Gasteiger partial charge in [-0.1, -0.05) is 12.5 Å². The minimum atomic E-state index is -0.245. The van der Waals surface area contributed by atoms with Gasteiger partial charge in [0.05, 0.1) is 17.8 Å². The molecule has 2 heterocycles. The second-order valence-corrected chi connectivity index (χ2v) is 6.88. The van der Waals surface area contributed by atoms with Gasteiger partial charge in [0.2, 0.25) is 5.91 Å². The highest BCUT2D eigenvalue weighted by Crippen LogP contribution is 2.23. The number of piperidine rings is 1. The SMILES string of the molecule is NC(=O)C1CCCN(c2ccc(NC(=O)C3=CCCCCC3)cn2)C1. The van der Waals surface area contributed by atoms with Gasteiger partial charge in [0.1, 0.15) is 5.82 Å². The summed E-state index contributed by atoms with van der Waals surface area (Å²) in [4.78, 5) is 30.3. The number of allylic oxidation sites excluding steroid dienone is 1. The number of nitrogens with zero attached hydrogens (tertiary/aromatic N) is 2. The number of anilines is 2. The fourth-order valence-corrected chi connectivity index (χ4v) is 3.50. The van der Waals surface area contributed by atoms with Gasteiger partial charge in [-0.15, -0.1) is 0 Å². The van der Waals surface area contributed by atoms with Gasteiger partial charge < -0.3 is 16.0 Å². The summed E-state index contributed by atoms with van der Waals surface area (Å²) >= 11 is 0. The highest BCUT2D eigenvalue weighted by Gasteiger charge is 2.24. The predicted octanol–water partition coefficient (Wildman–Crippen LogP) is 2.61. The number of rotatable bonds is 4. The summed E-state index contributed by atoms with van der Waals surface area (Å²) in [5.74, 6) is 0.434. The summed E-state index contributed by atoms with van der Waals surface area (Å²) in [5, 5.41) is 2.93. The maximum Gasteiger partial charge on any atom is 0.251 e. The Morgan fingerprint density at radius 1 is 1.20 bits per heavy atom. The van der Waals surface area contributed by atoms with Crippen LogP contribution in [0.15, 0.2) is 30.0 Å². The van der Waals surface area contributed by atoms with Crippen LogP contribution in [-0.4, -0.2) is 29.9 Å². The number of nitrogens with two attached hydrogens (primary N) is 1. The molecule has 1 aromatic heterocycles. The van der Waals surface area contributed by atoms with Crippen molar-refractivity contribution in [2.24, 2.45) is 11.7 Å². The first-order chi connectivity index (χ1) is 12.1. The first-order valence-corrected chi connectivity index (χ1v) is 9.14. The predicted molar refractivity (Wildman–Crippen MR) is 98.2 cm³/mol. The number of aromatic nitrogens is 1. The Balaban J connectivity index is 1.61. The number of hydrogen-bond donors (Lipinski definition) is 2. The Morgan fingerprint density at radius 3 is 2.84 bits per heavy atom. The molecule has 3 rings (SSSR count). The second-order valence-electron chi connectivity index (χ2n) is 6.88. The number of carbonyl (C=O) groups is 2. The van der Waals surface area contributed by atoms with E-state index in [1.54, 1.807) is 6.20 Å². The van der Waals surface area contributed by atoms with Gasteiger partial charge in [-0.25, -0.2) is 4.98 Å². The second kappa shape index (κ2) is 8.14. The van der Waals surface area contributed by atoms with Crippen LogP contribution in [0.3, 0.4) is 0 Å². The fourth-order valence-electron chi connectivity index (χ4n) is 3.50. The van der Waals surface area contributed by atoms with Gasteiger partial charge in [-0.3, -0.25) is 9.59 Å². The molecular formula is C19H26N4O2. The van der Waals surface area contributed by atoms with E-state index >= 15 is 0 Å². The Hall–Kier alpha value is -2.37. The minimum Gasteiger partial charge on any atom is -0.369 e. The molecule has 1 fully saturated rings. The van der Waals surface area contributed by atoms with Crippen molar-refractivity contribution in [3.63, 3.8) is 0 Å². The standard InChI is InChI=1S/C19H26N4O2/c20-18(24)15-8-5-11-23(13-15)17-10-9-16(12-21-17)22-19(25)14-6-3-1-2-4-7-14/h6,9-10,12,15H,1-5,7-8,11,13H2,(H2,20,24)(H,22,25). The molecule has 1 aliphatic carbocycles. The molecule has 0 bridgehead atoms. The van der Waals surface area contributed by atoms with Gasteiger partial charge in [0.25, 0.3) is 5.91 Å². The lowest BCUT2D eigenvalue weighted by Gasteiger charge is -2.32. The van der Waals surface area contributed by atoms with E-state index in [-0.39, 0.29) is 17.7 Å². The maximum atomic E-state index is 12.4. The Labute approximate surface area is 148 Å². The van der Waals surface area contributed by atoms with E-state index in [0.29, 0.717) is 12.2 Å². The van der Waals surface area contributed by atoms with E-state index in [2.05, 4.69) is 21.3 Å². The van der Waals surface area contributed by atoms with Crippen LogP contribution in [-0.2, 0) is 9.59 Å². The molecule has 2 aliphatic rings. The molecule has 6 heteroatoms. The molecule has 1 aliphatic heterocycles. The molecule has 25 heavy (non-hydrogen) atoms. The van der Waals surface area contributed by atoms with Crippen LogP contribution in [0.25, 0.3) is 0 Å². The van der Waals surface area contributed by atoms with Gasteiger partial charge in [0.15, 0.2) is 0 Å². The van der Waals surface area contributed by atoms with Gasteiger partial charge in [0, 0.05) is 18.7 Å². The van der Waals surface area contributed by atoms with Crippen molar-refractivity contribution in [2.45, 2.75) is 44.9 Å². The van der Waals surface area contributed by atoms with Gasteiger partial charge >= 0.3 is 0 Å². The number of carbonyl (C=O) groups excluding carboxylic acids is 2. The van der Waals surface area contributed by atoms with Crippen LogP contribution in [0.2, 0.25) is 0 Å². The zero-order valence-corrected chi connectivity index (χ0v) is 14.5. The van der Waals surface area contributed by atoms with E-state index in [4.69, 9.17) is 5.73 Å². The van der Waals surface area contributed by atoms with Crippen molar-refractivity contribution < 1.29 is 9.59 Å². The van der Waals surface area contributed by atoms with E-state index in [9.17, 15) is 9.59 Å². The molecule has 134 valence electrons. The first kappa shape index (κ1) is 17.5. The molecular weight excluding hydrogens is 316 g/mol. The largest absolute Gasteiger partial charge is 0.369 e. The molecule has 0 aromatic carbocycles. The number of amides is 2. The third-order valence-electron chi connectivity index (χ3n) is 4.99. The summed E-state index contributed by atoms with van der Waals surface area (Å²) in [6, 6.07) is 3.76. The van der Waals surface area contributed by atoms with Crippen molar-refractivity contribution >= 4 is 23.3 Å². The van der Waals surface area contributed by atoms with Crippen molar-refractivity contribution in [1.29, 1.82) is 0 Å². The summed E-state index contributed by atoms with van der Waals surface area (Å²) in [6.45, 7) is 1.48. The van der Waals surface area contributed by atoms with Crippen molar-refractivity contribution in [2.75, 3.05) is 23.3 Å². The smallest absolute Gasteiger partial charge is 0.251 e. The first-order valence-electron chi connectivity index (χ1n) is 9.14. The quantitative estimate of drug-likeness (QED) is 0.880. The van der Waals surface area contributed by atoms with Crippen LogP contribution in [0.5, 0.6) is 0 Å². The summed E-state index contributed by atoms with van der Waals surface area (Å²) in [5.41, 5.74) is 7.00. The molecule has 1 unspecified atom stereocenters. The van der Waals surface area contributed by atoms with Gasteiger partial charge in [-0.05, 0) is 50.7 Å². The van der Waals surface area contributed by atoms with Crippen molar-refractivity contribution in [3.05, 3.63) is 30.0 Å². The number of pyridine rings is 1. The van der Waals surface area contributed by atoms with E-state index in [0.717, 1.165) is 56.5 Å². The molecule has 6 nitrogen and oxygen atoms in total. The summed E-state index contributed by atoms with van der Waals surface area (Å²) in [6.07, 6.45) is 10.8. The molecule has 1 saturated heterocycles. The molecule has 0 spiro atoms. The number of primary amides is 1. The van der Waals surface area contributed by atoms with E-state index < -0.39 is 0 Å². The summed E-state index contributed by atoms with van der Waals surface area (Å²) in [7, 11) is 0. The zero-order valence-electron chi connectivity index (χ0n) is 14.5. The third kappa shape index (κ3) is 4.59. The average Bonchev–Trinajstić information content (AvgIpc) is 2.92. The lowest BCUT2D eigenvalue weighted by molar-refractivity contribution is -0.122. The number of nitrogens with one attached hydrogen (secondary N) is 1. The maximum absolute atomic E-state index is 12.4. The van der Waals surface area contributed by atoms with Crippen molar-refractivity contribution in [1.82, 2.24) is 4.98 Å². The minimum absolute atomic E-state index is 0.0248. The van der Waals surface area contributed by atoms with Crippen LogP contribution >= 0.6 is 0 Å². The topological polar surface area (TPSA) is 88.3 Å². The Kier molecular flexibility index (Phi) is 5.68. The lowest BCUT2D eigenvalue weighted by atomic mass is 9.97. The van der Waals surface area contributed by atoms with Crippen LogP contribution in [0.1, 0.15) is 44.9 Å². The van der Waals surface area contributed by atoms with E-state index in [1.807, 2.05) is 12.1 Å². The van der Waals surface area contributed by atoms with E-state index in [1.165, 1.54) is 6.42 Å². The molecule has 3 N–H and O–H groups in total. The van der Waals surface area contributed by atoms with Crippen molar-refractivity contribution in [3.8, 4) is 0 Å². The molecule has 0 saturated carbocycles. The Bertz CT molecular complexity index is 654. The highest BCUT2D eigenvalue weighted by atomic mass is 16.2. The zero-order chi connectivity index (χ0) is 17.6.